The summed E-state index contributed by atoms with van der Waals surface area (Å²) in [5.41, 5.74) is 2.15. The van der Waals surface area contributed by atoms with E-state index >= 15 is 0 Å². The number of rotatable bonds is 2. The topological polar surface area (TPSA) is 58.6 Å². The summed E-state index contributed by atoms with van der Waals surface area (Å²) in [5, 5.41) is 10.8. The van der Waals surface area contributed by atoms with Gasteiger partial charge in [0.2, 0.25) is 0 Å². The quantitative estimate of drug-likeness (QED) is 0.777. The molecule has 0 saturated carbocycles. The van der Waals surface area contributed by atoms with Gasteiger partial charge in [-0.25, -0.2) is 4.79 Å². The van der Waals surface area contributed by atoms with Crippen molar-refractivity contribution >= 4 is 6.09 Å². The zero-order chi connectivity index (χ0) is 10.7. The number of benzene rings is 1. The molecule has 1 heterocycles. The van der Waals surface area contributed by atoms with Crippen molar-refractivity contribution in [1.82, 2.24) is 5.32 Å². The summed E-state index contributed by atoms with van der Waals surface area (Å²) in [7, 11) is 0. The SMILES string of the molecule is O=C(O)NCc1ccc2c(c1)CCCO2. The van der Waals surface area contributed by atoms with Gasteiger partial charge < -0.3 is 15.2 Å². The molecule has 1 aromatic rings. The van der Waals surface area contributed by atoms with Crippen LogP contribution < -0.4 is 10.1 Å². The molecule has 4 heteroatoms. The van der Waals surface area contributed by atoms with Crippen LogP contribution in [0, 0.1) is 0 Å². The predicted octanol–water partition coefficient (Wildman–Crippen LogP) is 1.78. The van der Waals surface area contributed by atoms with Gasteiger partial charge in [0.05, 0.1) is 6.61 Å². The molecular weight excluding hydrogens is 194 g/mol. The summed E-state index contributed by atoms with van der Waals surface area (Å²) in [6.45, 7) is 1.13. The molecule has 80 valence electrons. The number of fused-ring (bicyclic) bond motifs is 1. The van der Waals surface area contributed by atoms with E-state index in [1.807, 2.05) is 18.2 Å². The third kappa shape index (κ3) is 2.40. The van der Waals surface area contributed by atoms with Crippen molar-refractivity contribution in [1.29, 1.82) is 0 Å². The van der Waals surface area contributed by atoms with Crippen molar-refractivity contribution in [2.75, 3.05) is 6.61 Å². The van der Waals surface area contributed by atoms with Crippen LogP contribution in [-0.2, 0) is 13.0 Å². The Labute approximate surface area is 87.9 Å². The van der Waals surface area contributed by atoms with E-state index in [9.17, 15) is 4.79 Å². The monoisotopic (exact) mass is 207 g/mol. The van der Waals surface area contributed by atoms with Crippen LogP contribution in [0.3, 0.4) is 0 Å². The van der Waals surface area contributed by atoms with Crippen LogP contribution in [0.25, 0.3) is 0 Å². The Morgan fingerprint density at radius 2 is 2.40 bits per heavy atom. The lowest BCUT2D eigenvalue weighted by Crippen LogP contribution is -2.20. The van der Waals surface area contributed by atoms with Gasteiger partial charge in [-0.2, -0.15) is 0 Å². The van der Waals surface area contributed by atoms with Crippen molar-refractivity contribution in [3.63, 3.8) is 0 Å². The molecule has 0 atom stereocenters. The number of amides is 1. The lowest BCUT2D eigenvalue weighted by molar-refractivity contribution is 0.194. The summed E-state index contributed by atoms with van der Waals surface area (Å²) in [6, 6.07) is 5.80. The first-order chi connectivity index (χ1) is 7.25. The number of aryl methyl sites for hydroxylation is 1. The highest BCUT2D eigenvalue weighted by Gasteiger charge is 2.10. The number of ether oxygens (including phenoxy) is 1. The van der Waals surface area contributed by atoms with E-state index in [2.05, 4.69) is 5.32 Å². The largest absolute Gasteiger partial charge is 0.493 e. The molecule has 1 aliphatic rings. The Bertz CT molecular complexity index is 376. The number of nitrogens with one attached hydrogen (secondary N) is 1. The first-order valence-electron chi connectivity index (χ1n) is 4.97. The van der Waals surface area contributed by atoms with Crippen LogP contribution in [0.4, 0.5) is 4.79 Å². The van der Waals surface area contributed by atoms with Gasteiger partial charge in [-0.3, -0.25) is 0 Å². The third-order valence-corrected chi connectivity index (χ3v) is 2.42. The van der Waals surface area contributed by atoms with Crippen molar-refractivity contribution in [3.05, 3.63) is 29.3 Å². The molecule has 1 amide bonds. The maximum atomic E-state index is 10.3. The highest BCUT2D eigenvalue weighted by Crippen LogP contribution is 2.25. The second kappa shape index (κ2) is 4.21. The summed E-state index contributed by atoms with van der Waals surface area (Å²) < 4.78 is 5.47. The molecule has 0 fully saturated rings. The van der Waals surface area contributed by atoms with Crippen LogP contribution in [0.2, 0.25) is 0 Å². The van der Waals surface area contributed by atoms with E-state index in [0.717, 1.165) is 30.8 Å². The van der Waals surface area contributed by atoms with Gasteiger partial charge in [0.15, 0.2) is 0 Å². The van der Waals surface area contributed by atoms with E-state index in [0.29, 0.717) is 6.54 Å². The molecule has 0 bridgehead atoms. The molecule has 15 heavy (non-hydrogen) atoms. The summed E-state index contributed by atoms with van der Waals surface area (Å²) in [6.07, 6.45) is 1.04. The minimum atomic E-state index is -0.996. The third-order valence-electron chi connectivity index (χ3n) is 2.42. The molecular formula is C11H13NO3. The van der Waals surface area contributed by atoms with Gasteiger partial charge >= 0.3 is 6.09 Å². The zero-order valence-electron chi connectivity index (χ0n) is 8.32. The molecule has 0 unspecified atom stereocenters. The Morgan fingerprint density at radius 1 is 1.53 bits per heavy atom. The van der Waals surface area contributed by atoms with Crippen LogP contribution in [-0.4, -0.2) is 17.8 Å². The minimum absolute atomic E-state index is 0.350. The molecule has 0 aromatic heterocycles. The van der Waals surface area contributed by atoms with Crippen LogP contribution in [0.15, 0.2) is 18.2 Å². The van der Waals surface area contributed by atoms with E-state index < -0.39 is 6.09 Å². The summed E-state index contributed by atoms with van der Waals surface area (Å²) >= 11 is 0. The van der Waals surface area contributed by atoms with Crippen molar-refractivity contribution in [2.45, 2.75) is 19.4 Å². The number of carboxylic acid groups (broad SMARTS) is 1. The first-order valence-corrected chi connectivity index (χ1v) is 4.97. The fraction of sp³-hybridized carbons (Fsp3) is 0.364. The summed E-state index contributed by atoms with van der Waals surface area (Å²) in [4.78, 5) is 10.3. The van der Waals surface area contributed by atoms with Gasteiger partial charge in [0, 0.05) is 6.54 Å². The summed E-state index contributed by atoms with van der Waals surface area (Å²) in [5.74, 6) is 0.931. The fourth-order valence-electron chi connectivity index (χ4n) is 1.70. The van der Waals surface area contributed by atoms with Gasteiger partial charge in [0.1, 0.15) is 5.75 Å². The predicted molar refractivity (Wildman–Crippen MR) is 55.1 cm³/mol. The lowest BCUT2D eigenvalue weighted by atomic mass is 10.0. The van der Waals surface area contributed by atoms with Crippen LogP contribution in [0.1, 0.15) is 17.5 Å². The normalized spacial score (nSPS) is 13.9. The Morgan fingerprint density at radius 3 is 3.20 bits per heavy atom. The highest BCUT2D eigenvalue weighted by atomic mass is 16.5. The number of carbonyl (C=O) groups is 1. The lowest BCUT2D eigenvalue weighted by Gasteiger charge is -2.17. The Balaban J connectivity index is 2.10. The number of hydrogen-bond donors (Lipinski definition) is 2. The van der Waals surface area contributed by atoms with Gasteiger partial charge in [0.25, 0.3) is 0 Å². The Hall–Kier alpha value is -1.71. The highest BCUT2D eigenvalue weighted by molar-refractivity contribution is 5.64. The van der Waals surface area contributed by atoms with Crippen molar-refractivity contribution in [2.24, 2.45) is 0 Å². The smallest absolute Gasteiger partial charge is 0.404 e. The molecule has 0 spiro atoms. The minimum Gasteiger partial charge on any atom is -0.493 e. The molecule has 2 rings (SSSR count). The molecule has 1 aromatic carbocycles. The molecule has 0 radical (unpaired) electrons. The maximum absolute atomic E-state index is 10.3. The zero-order valence-corrected chi connectivity index (χ0v) is 8.32. The maximum Gasteiger partial charge on any atom is 0.404 e. The average molecular weight is 207 g/mol. The van der Waals surface area contributed by atoms with E-state index in [-0.39, 0.29) is 0 Å². The van der Waals surface area contributed by atoms with E-state index in [4.69, 9.17) is 9.84 Å². The van der Waals surface area contributed by atoms with Crippen LogP contribution in [0.5, 0.6) is 5.75 Å². The van der Waals surface area contributed by atoms with Crippen molar-refractivity contribution < 1.29 is 14.6 Å². The molecule has 0 aliphatic carbocycles. The molecule has 1 aliphatic heterocycles. The molecule has 2 N–H and O–H groups in total. The first kappa shape index (κ1) is 9.83. The van der Waals surface area contributed by atoms with Gasteiger partial charge in [-0.15, -0.1) is 0 Å². The fourth-order valence-corrected chi connectivity index (χ4v) is 1.70. The second-order valence-electron chi connectivity index (χ2n) is 3.55. The van der Waals surface area contributed by atoms with Gasteiger partial charge in [-0.1, -0.05) is 12.1 Å². The number of hydrogen-bond acceptors (Lipinski definition) is 2. The molecule has 0 saturated heterocycles. The van der Waals surface area contributed by atoms with E-state index in [1.165, 1.54) is 5.56 Å². The Kier molecular flexibility index (Phi) is 2.76. The van der Waals surface area contributed by atoms with Crippen molar-refractivity contribution in [3.8, 4) is 5.75 Å². The molecule has 4 nitrogen and oxygen atoms in total. The standard InChI is InChI=1S/C11H13NO3/c13-11(14)12-7-8-3-4-10-9(6-8)2-1-5-15-10/h3-4,6,12H,1-2,5,7H2,(H,13,14). The van der Waals surface area contributed by atoms with E-state index in [1.54, 1.807) is 0 Å². The second-order valence-corrected chi connectivity index (χ2v) is 3.55. The average Bonchev–Trinajstić information content (AvgIpc) is 2.26. The van der Waals surface area contributed by atoms with Gasteiger partial charge in [-0.05, 0) is 30.0 Å². The van der Waals surface area contributed by atoms with Crippen LogP contribution >= 0.6 is 0 Å².